The number of ether oxygens (including phenoxy) is 2. The second-order valence-electron chi connectivity index (χ2n) is 2.80. The van der Waals surface area contributed by atoms with Crippen LogP contribution in [0.15, 0.2) is 12.7 Å². The SMILES string of the molecule is C=CC1CC1(OC(=O)O)C(=O)OC. The van der Waals surface area contributed by atoms with Gasteiger partial charge in [0, 0.05) is 12.3 Å². The third-order valence-electron chi connectivity index (χ3n) is 2.05. The molecule has 0 saturated heterocycles. The molecule has 72 valence electrons. The maximum Gasteiger partial charge on any atom is 0.506 e. The lowest BCUT2D eigenvalue weighted by Crippen LogP contribution is -2.31. The van der Waals surface area contributed by atoms with Gasteiger partial charge in [0.15, 0.2) is 0 Å². The molecule has 0 heterocycles. The van der Waals surface area contributed by atoms with E-state index in [1.54, 1.807) is 0 Å². The van der Waals surface area contributed by atoms with Crippen LogP contribution in [-0.2, 0) is 14.3 Å². The fourth-order valence-electron chi connectivity index (χ4n) is 1.26. The molecule has 2 unspecified atom stereocenters. The smallest absolute Gasteiger partial charge is 0.466 e. The van der Waals surface area contributed by atoms with E-state index in [9.17, 15) is 9.59 Å². The van der Waals surface area contributed by atoms with Gasteiger partial charge in [0.1, 0.15) is 0 Å². The Morgan fingerprint density at radius 1 is 1.69 bits per heavy atom. The molecule has 0 aromatic heterocycles. The molecule has 2 atom stereocenters. The van der Waals surface area contributed by atoms with E-state index in [0.29, 0.717) is 6.42 Å². The van der Waals surface area contributed by atoms with Gasteiger partial charge in [-0.15, -0.1) is 6.58 Å². The average Bonchev–Trinajstić information content (AvgIpc) is 2.77. The molecule has 0 bridgehead atoms. The summed E-state index contributed by atoms with van der Waals surface area (Å²) >= 11 is 0. The maximum absolute atomic E-state index is 11.1. The second-order valence-corrected chi connectivity index (χ2v) is 2.80. The zero-order valence-corrected chi connectivity index (χ0v) is 7.15. The van der Waals surface area contributed by atoms with Crippen molar-refractivity contribution >= 4 is 12.1 Å². The van der Waals surface area contributed by atoms with E-state index >= 15 is 0 Å². The maximum atomic E-state index is 11.1. The summed E-state index contributed by atoms with van der Waals surface area (Å²) in [5.41, 5.74) is -1.33. The highest BCUT2D eigenvalue weighted by atomic mass is 16.7. The topological polar surface area (TPSA) is 72.8 Å². The molecule has 0 radical (unpaired) electrons. The molecule has 13 heavy (non-hydrogen) atoms. The van der Waals surface area contributed by atoms with Crippen molar-refractivity contribution in [3.63, 3.8) is 0 Å². The predicted octanol–water partition coefficient (Wildman–Crippen LogP) is 0.799. The molecule has 0 aromatic rings. The van der Waals surface area contributed by atoms with Gasteiger partial charge in [-0.1, -0.05) is 6.08 Å². The number of methoxy groups -OCH3 is 1. The molecule has 5 nitrogen and oxygen atoms in total. The van der Waals surface area contributed by atoms with E-state index in [1.165, 1.54) is 13.2 Å². The highest BCUT2D eigenvalue weighted by molar-refractivity contribution is 5.86. The standard InChI is InChI=1S/C8H10O5/c1-3-5-4-8(5,6(9)12-2)13-7(10)11/h3,5H,1,4H2,2H3,(H,10,11). The molecule has 1 N–H and O–H groups in total. The summed E-state index contributed by atoms with van der Waals surface area (Å²) in [6.07, 6.45) is 0.324. The number of hydrogen-bond acceptors (Lipinski definition) is 4. The first-order valence-electron chi connectivity index (χ1n) is 3.69. The van der Waals surface area contributed by atoms with Gasteiger partial charge >= 0.3 is 12.1 Å². The van der Waals surface area contributed by atoms with E-state index in [0.717, 1.165) is 0 Å². The Hall–Kier alpha value is -1.52. The van der Waals surface area contributed by atoms with Crippen LogP contribution in [0.25, 0.3) is 0 Å². The van der Waals surface area contributed by atoms with Gasteiger partial charge in [-0.25, -0.2) is 9.59 Å². The van der Waals surface area contributed by atoms with Crippen molar-refractivity contribution < 1.29 is 24.2 Å². The van der Waals surface area contributed by atoms with E-state index in [4.69, 9.17) is 5.11 Å². The average molecular weight is 186 g/mol. The van der Waals surface area contributed by atoms with E-state index in [1.807, 2.05) is 0 Å². The third-order valence-corrected chi connectivity index (χ3v) is 2.05. The van der Waals surface area contributed by atoms with Crippen molar-refractivity contribution in [1.29, 1.82) is 0 Å². The zero-order chi connectivity index (χ0) is 10.1. The highest BCUT2D eigenvalue weighted by Crippen LogP contribution is 2.48. The van der Waals surface area contributed by atoms with E-state index in [2.05, 4.69) is 16.1 Å². The van der Waals surface area contributed by atoms with Gasteiger partial charge < -0.3 is 14.6 Å². The molecule has 1 saturated carbocycles. The Morgan fingerprint density at radius 2 is 2.31 bits per heavy atom. The second kappa shape index (κ2) is 3.08. The lowest BCUT2D eigenvalue weighted by atomic mass is 10.2. The van der Waals surface area contributed by atoms with Crippen LogP contribution in [0.1, 0.15) is 6.42 Å². The van der Waals surface area contributed by atoms with Crippen LogP contribution in [-0.4, -0.2) is 29.9 Å². The van der Waals surface area contributed by atoms with Crippen LogP contribution < -0.4 is 0 Å². The molecule has 1 aliphatic carbocycles. The first-order chi connectivity index (χ1) is 6.06. The van der Waals surface area contributed by atoms with Crippen molar-refractivity contribution in [3.05, 3.63) is 12.7 Å². The van der Waals surface area contributed by atoms with Crippen molar-refractivity contribution in [1.82, 2.24) is 0 Å². The first-order valence-corrected chi connectivity index (χ1v) is 3.69. The molecule has 5 heteroatoms. The molecule has 1 aliphatic rings. The molecule has 0 aliphatic heterocycles. The van der Waals surface area contributed by atoms with Crippen LogP contribution in [0.4, 0.5) is 4.79 Å². The summed E-state index contributed by atoms with van der Waals surface area (Å²) in [7, 11) is 1.19. The van der Waals surface area contributed by atoms with Crippen LogP contribution in [0, 0.1) is 5.92 Å². The largest absolute Gasteiger partial charge is 0.506 e. The highest BCUT2D eigenvalue weighted by Gasteiger charge is 2.64. The quantitative estimate of drug-likeness (QED) is 0.521. The van der Waals surface area contributed by atoms with Gasteiger partial charge in [-0.2, -0.15) is 0 Å². The number of rotatable bonds is 3. The fourth-order valence-corrected chi connectivity index (χ4v) is 1.26. The van der Waals surface area contributed by atoms with Crippen LogP contribution in [0.5, 0.6) is 0 Å². The zero-order valence-electron chi connectivity index (χ0n) is 7.15. The van der Waals surface area contributed by atoms with E-state index < -0.39 is 17.7 Å². The lowest BCUT2D eigenvalue weighted by Gasteiger charge is -2.12. The van der Waals surface area contributed by atoms with Crippen molar-refractivity contribution in [3.8, 4) is 0 Å². The van der Waals surface area contributed by atoms with Gasteiger partial charge in [-0.05, 0) is 0 Å². The number of hydrogen-bond donors (Lipinski definition) is 1. The number of carbonyl (C=O) groups excluding carboxylic acids is 1. The van der Waals surface area contributed by atoms with Gasteiger partial charge in [0.25, 0.3) is 0 Å². The summed E-state index contributed by atoms with van der Waals surface area (Å²) in [4.78, 5) is 21.4. The molecular formula is C8H10O5. The summed E-state index contributed by atoms with van der Waals surface area (Å²) in [6.45, 7) is 3.46. The third kappa shape index (κ3) is 1.49. The number of carbonyl (C=O) groups is 2. The monoisotopic (exact) mass is 186 g/mol. The summed E-state index contributed by atoms with van der Waals surface area (Å²) in [5.74, 6) is -0.934. The van der Waals surface area contributed by atoms with Crippen LogP contribution >= 0.6 is 0 Å². The van der Waals surface area contributed by atoms with Gasteiger partial charge in [0.05, 0.1) is 7.11 Å². The predicted molar refractivity (Wildman–Crippen MR) is 42.2 cm³/mol. The minimum Gasteiger partial charge on any atom is -0.466 e. The normalized spacial score (nSPS) is 30.4. The summed E-state index contributed by atoms with van der Waals surface area (Å²) < 4.78 is 8.91. The number of carboxylic acid groups (broad SMARTS) is 1. The Bertz CT molecular complexity index is 259. The molecule has 0 amide bonds. The summed E-state index contributed by atoms with van der Waals surface area (Å²) in [6, 6.07) is 0. The van der Waals surface area contributed by atoms with E-state index in [-0.39, 0.29) is 5.92 Å². The molecule has 0 aromatic carbocycles. The van der Waals surface area contributed by atoms with Crippen LogP contribution in [0.2, 0.25) is 0 Å². The Balaban J connectivity index is 2.74. The molecule has 1 fully saturated rings. The first kappa shape index (κ1) is 9.57. The fraction of sp³-hybridized carbons (Fsp3) is 0.500. The Morgan fingerprint density at radius 3 is 2.62 bits per heavy atom. The van der Waals surface area contributed by atoms with Gasteiger partial charge in [-0.3, -0.25) is 0 Å². The Kier molecular flexibility index (Phi) is 2.27. The minimum absolute atomic E-state index is 0.268. The van der Waals surface area contributed by atoms with Crippen molar-refractivity contribution in [2.45, 2.75) is 12.0 Å². The summed E-state index contributed by atoms with van der Waals surface area (Å²) in [5, 5.41) is 8.38. The van der Waals surface area contributed by atoms with Crippen LogP contribution in [0.3, 0.4) is 0 Å². The Labute approximate surface area is 74.9 Å². The van der Waals surface area contributed by atoms with Gasteiger partial charge in [0.2, 0.25) is 5.60 Å². The minimum atomic E-state index is -1.48. The molecular weight excluding hydrogens is 176 g/mol. The van der Waals surface area contributed by atoms with Crippen molar-refractivity contribution in [2.24, 2.45) is 5.92 Å². The lowest BCUT2D eigenvalue weighted by molar-refractivity contribution is -0.155. The number of esters is 1. The molecule has 1 rings (SSSR count). The molecule has 0 spiro atoms. The van der Waals surface area contributed by atoms with Crippen molar-refractivity contribution in [2.75, 3.05) is 7.11 Å².